The van der Waals surface area contributed by atoms with E-state index in [-0.39, 0.29) is 5.91 Å². The lowest BCUT2D eigenvalue weighted by molar-refractivity contribution is 0.102. The highest BCUT2D eigenvalue weighted by atomic mass is 16.1. The Kier molecular flexibility index (Phi) is 5.68. The summed E-state index contributed by atoms with van der Waals surface area (Å²) in [6.07, 6.45) is 4.12. The molecule has 1 aliphatic rings. The van der Waals surface area contributed by atoms with Crippen LogP contribution in [0.15, 0.2) is 66.9 Å². The normalized spacial score (nSPS) is 16.5. The van der Waals surface area contributed by atoms with Crippen LogP contribution in [0.3, 0.4) is 0 Å². The third kappa shape index (κ3) is 4.58. The van der Waals surface area contributed by atoms with Crippen molar-refractivity contribution in [1.82, 2.24) is 15.1 Å². The molecule has 1 fully saturated rings. The molecule has 28 heavy (non-hydrogen) atoms. The summed E-state index contributed by atoms with van der Waals surface area (Å²) < 4.78 is 1.90. The van der Waals surface area contributed by atoms with E-state index in [0.717, 1.165) is 49.4 Å². The molecule has 2 aromatic carbocycles. The number of carbonyl (C=O) groups excluding carboxylic acids is 1. The number of para-hydroxylation sites is 1. The van der Waals surface area contributed by atoms with E-state index in [1.54, 1.807) is 6.07 Å². The third-order valence-electron chi connectivity index (χ3n) is 4.97. The van der Waals surface area contributed by atoms with Crippen LogP contribution in [0.2, 0.25) is 0 Å². The Bertz CT molecular complexity index is 898. The maximum Gasteiger partial charge on any atom is 0.276 e. The Balaban J connectivity index is 1.32. The number of benzene rings is 2. The zero-order chi connectivity index (χ0) is 19.2. The number of hydrogen-bond donors (Lipinski definition) is 3. The second-order valence-electron chi connectivity index (χ2n) is 7.05. The molecule has 6 nitrogen and oxygen atoms in total. The van der Waals surface area contributed by atoms with Gasteiger partial charge in [-0.05, 0) is 55.3 Å². The van der Waals surface area contributed by atoms with E-state index in [1.807, 2.05) is 65.5 Å². The van der Waals surface area contributed by atoms with Gasteiger partial charge in [0, 0.05) is 30.7 Å². The molecular formula is C22H25N5O. The van der Waals surface area contributed by atoms with Crippen LogP contribution in [0.25, 0.3) is 0 Å². The first-order chi connectivity index (χ1) is 13.8. The monoisotopic (exact) mass is 375 g/mol. The Morgan fingerprint density at radius 2 is 1.89 bits per heavy atom. The van der Waals surface area contributed by atoms with Crippen LogP contribution in [-0.2, 0) is 6.54 Å². The van der Waals surface area contributed by atoms with Crippen molar-refractivity contribution in [2.24, 2.45) is 0 Å². The lowest BCUT2D eigenvalue weighted by Gasteiger charge is -2.22. The minimum Gasteiger partial charge on any atom is -0.381 e. The van der Waals surface area contributed by atoms with Crippen molar-refractivity contribution >= 4 is 17.3 Å². The number of amides is 1. The van der Waals surface area contributed by atoms with Gasteiger partial charge in [-0.3, -0.25) is 9.48 Å². The van der Waals surface area contributed by atoms with E-state index in [1.165, 1.54) is 0 Å². The molecule has 3 aromatic rings. The van der Waals surface area contributed by atoms with Gasteiger partial charge >= 0.3 is 0 Å². The van der Waals surface area contributed by atoms with Crippen molar-refractivity contribution < 1.29 is 4.79 Å². The number of piperidine rings is 1. The van der Waals surface area contributed by atoms with Crippen molar-refractivity contribution in [3.05, 3.63) is 78.1 Å². The summed E-state index contributed by atoms with van der Waals surface area (Å²) in [6.45, 7) is 2.70. The van der Waals surface area contributed by atoms with Gasteiger partial charge in [-0.15, -0.1) is 0 Å². The van der Waals surface area contributed by atoms with Gasteiger partial charge < -0.3 is 16.0 Å². The summed E-state index contributed by atoms with van der Waals surface area (Å²) in [4.78, 5) is 12.5. The molecule has 1 saturated heterocycles. The molecule has 3 N–H and O–H groups in total. The van der Waals surface area contributed by atoms with E-state index in [0.29, 0.717) is 11.7 Å². The Labute approximate surface area is 165 Å². The minimum atomic E-state index is -0.183. The zero-order valence-corrected chi connectivity index (χ0v) is 15.8. The molecule has 1 atom stereocenters. The smallest absolute Gasteiger partial charge is 0.276 e. The number of nitrogens with zero attached hydrogens (tertiary/aromatic N) is 2. The maximum atomic E-state index is 12.5. The molecule has 1 aromatic heterocycles. The highest BCUT2D eigenvalue weighted by molar-refractivity contribution is 6.02. The Hall–Kier alpha value is -3.12. The maximum absolute atomic E-state index is 12.5. The predicted molar refractivity (Wildman–Crippen MR) is 112 cm³/mol. The van der Waals surface area contributed by atoms with E-state index in [4.69, 9.17) is 0 Å². The molecule has 0 radical (unpaired) electrons. The van der Waals surface area contributed by atoms with Crippen LogP contribution >= 0.6 is 0 Å². The van der Waals surface area contributed by atoms with Gasteiger partial charge in [0.2, 0.25) is 0 Å². The fourth-order valence-corrected chi connectivity index (χ4v) is 3.38. The highest BCUT2D eigenvalue weighted by Gasteiger charge is 2.17. The summed E-state index contributed by atoms with van der Waals surface area (Å²) in [5.74, 6) is -0.183. The fraction of sp³-hybridized carbons (Fsp3) is 0.273. The Morgan fingerprint density at radius 1 is 1.07 bits per heavy atom. The van der Waals surface area contributed by atoms with E-state index < -0.39 is 0 Å². The molecule has 1 amide bonds. The predicted octanol–water partition coefficient (Wildman–Crippen LogP) is 3.67. The van der Waals surface area contributed by atoms with Crippen molar-refractivity contribution in [2.75, 3.05) is 23.7 Å². The van der Waals surface area contributed by atoms with Crippen LogP contribution < -0.4 is 16.0 Å². The number of aromatic nitrogens is 2. The molecule has 144 valence electrons. The number of anilines is 2. The van der Waals surface area contributed by atoms with Gasteiger partial charge in [0.15, 0.2) is 5.69 Å². The molecule has 0 saturated carbocycles. The van der Waals surface area contributed by atoms with Crippen LogP contribution in [-0.4, -0.2) is 28.8 Å². The molecule has 1 aliphatic heterocycles. The molecule has 1 unspecified atom stereocenters. The van der Waals surface area contributed by atoms with E-state index in [2.05, 4.69) is 21.0 Å². The fourth-order valence-electron chi connectivity index (χ4n) is 3.38. The molecule has 0 aliphatic carbocycles. The SMILES string of the molecule is O=C(Nc1ccc(CNc2ccccc2)cc1)c1ccn(C2CCCNC2)n1. The summed E-state index contributed by atoms with van der Waals surface area (Å²) in [5.41, 5.74) is 3.45. The molecule has 0 spiro atoms. The van der Waals surface area contributed by atoms with Gasteiger partial charge in [0.1, 0.15) is 0 Å². The largest absolute Gasteiger partial charge is 0.381 e. The van der Waals surface area contributed by atoms with Crippen molar-refractivity contribution in [1.29, 1.82) is 0 Å². The second kappa shape index (κ2) is 8.71. The number of hydrogen-bond acceptors (Lipinski definition) is 4. The van der Waals surface area contributed by atoms with Crippen molar-refractivity contribution in [3.63, 3.8) is 0 Å². The molecular weight excluding hydrogens is 350 g/mol. The average molecular weight is 375 g/mol. The molecule has 4 rings (SSSR count). The van der Waals surface area contributed by atoms with Gasteiger partial charge in [0.25, 0.3) is 5.91 Å². The van der Waals surface area contributed by atoms with E-state index in [9.17, 15) is 4.79 Å². The molecule has 2 heterocycles. The number of nitrogens with one attached hydrogen (secondary N) is 3. The quantitative estimate of drug-likeness (QED) is 0.615. The van der Waals surface area contributed by atoms with Crippen LogP contribution in [0, 0.1) is 0 Å². The minimum absolute atomic E-state index is 0.183. The second-order valence-corrected chi connectivity index (χ2v) is 7.05. The standard InChI is InChI=1S/C22H25N5O/c28-22(21-12-14-27(26-21)20-7-4-13-23-16-20)25-19-10-8-17(9-11-19)15-24-18-5-2-1-3-6-18/h1-3,5-6,8-12,14,20,23-24H,4,7,13,15-16H2,(H,25,28). The molecule has 6 heteroatoms. The summed E-state index contributed by atoms with van der Waals surface area (Å²) in [5, 5.41) is 14.1. The average Bonchev–Trinajstić information content (AvgIpc) is 3.25. The van der Waals surface area contributed by atoms with Crippen molar-refractivity contribution in [2.45, 2.75) is 25.4 Å². The van der Waals surface area contributed by atoms with Crippen LogP contribution in [0.1, 0.15) is 34.9 Å². The van der Waals surface area contributed by atoms with Crippen LogP contribution in [0.4, 0.5) is 11.4 Å². The van der Waals surface area contributed by atoms with Gasteiger partial charge in [-0.2, -0.15) is 5.10 Å². The third-order valence-corrected chi connectivity index (χ3v) is 4.97. The summed E-state index contributed by atoms with van der Waals surface area (Å²) in [7, 11) is 0. The number of carbonyl (C=O) groups is 1. The lowest BCUT2D eigenvalue weighted by Crippen LogP contribution is -2.32. The number of rotatable bonds is 6. The first kappa shape index (κ1) is 18.3. The lowest BCUT2D eigenvalue weighted by atomic mass is 10.1. The molecule has 0 bridgehead atoms. The van der Waals surface area contributed by atoms with E-state index >= 15 is 0 Å². The van der Waals surface area contributed by atoms with Gasteiger partial charge in [-0.25, -0.2) is 0 Å². The Morgan fingerprint density at radius 3 is 2.64 bits per heavy atom. The van der Waals surface area contributed by atoms with Crippen LogP contribution in [0.5, 0.6) is 0 Å². The summed E-state index contributed by atoms with van der Waals surface area (Å²) in [6, 6.07) is 20.1. The van der Waals surface area contributed by atoms with Gasteiger partial charge in [-0.1, -0.05) is 30.3 Å². The summed E-state index contributed by atoms with van der Waals surface area (Å²) >= 11 is 0. The zero-order valence-electron chi connectivity index (χ0n) is 15.8. The van der Waals surface area contributed by atoms with Gasteiger partial charge in [0.05, 0.1) is 6.04 Å². The first-order valence-corrected chi connectivity index (χ1v) is 9.73. The topological polar surface area (TPSA) is 71.0 Å². The highest BCUT2D eigenvalue weighted by Crippen LogP contribution is 2.17. The van der Waals surface area contributed by atoms with Crippen molar-refractivity contribution in [3.8, 4) is 0 Å². The first-order valence-electron chi connectivity index (χ1n) is 9.73.